The van der Waals surface area contributed by atoms with E-state index >= 15 is 0 Å². The molecule has 0 amide bonds. The number of carbonyl (C=O) groups excluding carboxylic acids is 1. The summed E-state index contributed by atoms with van der Waals surface area (Å²) in [7, 11) is 0. The smallest absolute Gasteiger partial charge is 0.548 e. The van der Waals surface area contributed by atoms with Crippen molar-refractivity contribution in [2.75, 3.05) is 0 Å². The van der Waals surface area contributed by atoms with E-state index in [1.54, 1.807) is 0 Å². The molecule has 0 radical (unpaired) electrons. The molecular formula is C22H19N2NaO2. The number of benzene rings is 2. The summed E-state index contributed by atoms with van der Waals surface area (Å²) in [5.74, 6) is -1.09. The van der Waals surface area contributed by atoms with Gasteiger partial charge in [0, 0.05) is 33.7 Å². The van der Waals surface area contributed by atoms with Crippen LogP contribution in [0, 0.1) is 20.8 Å². The second-order valence-electron chi connectivity index (χ2n) is 6.77. The van der Waals surface area contributed by atoms with Gasteiger partial charge in [-0.2, -0.15) is 0 Å². The fourth-order valence-corrected chi connectivity index (χ4v) is 3.81. The Morgan fingerprint density at radius 3 is 2.59 bits per heavy atom. The van der Waals surface area contributed by atoms with Gasteiger partial charge in [-0.1, -0.05) is 29.8 Å². The number of aromatic nitrogens is 2. The summed E-state index contributed by atoms with van der Waals surface area (Å²) in [6, 6.07) is 14.3. The van der Waals surface area contributed by atoms with Crippen LogP contribution in [0.4, 0.5) is 0 Å². The largest absolute Gasteiger partial charge is 1.00 e. The maximum absolute atomic E-state index is 11.3. The molecule has 0 saturated carbocycles. The number of carboxylic acid groups (broad SMARTS) is 1. The summed E-state index contributed by atoms with van der Waals surface area (Å²) in [4.78, 5) is 15.8. The first-order valence-corrected chi connectivity index (χ1v) is 8.61. The van der Waals surface area contributed by atoms with Gasteiger partial charge in [-0.3, -0.25) is 4.98 Å². The van der Waals surface area contributed by atoms with E-state index in [1.165, 1.54) is 0 Å². The van der Waals surface area contributed by atoms with E-state index in [0.717, 1.165) is 49.8 Å². The minimum Gasteiger partial charge on any atom is -0.548 e. The Balaban J connectivity index is 0.00000210. The standard InChI is InChI=1S/C22H20N2O2.Na/c1-13-7-8-19-18(11-13)21(15(3)24(19)12-20(25)26)16-9-10-23-22-14(2)5-4-6-17(16)22;/h4-11H,12H2,1-3H3,(H,25,26);/q;+1/p-1. The summed E-state index contributed by atoms with van der Waals surface area (Å²) in [5, 5.41) is 13.4. The van der Waals surface area contributed by atoms with Crippen molar-refractivity contribution < 1.29 is 39.5 Å². The van der Waals surface area contributed by atoms with E-state index in [4.69, 9.17) is 0 Å². The zero-order chi connectivity index (χ0) is 18.4. The molecular weight excluding hydrogens is 347 g/mol. The van der Waals surface area contributed by atoms with Crippen LogP contribution in [0.25, 0.3) is 32.9 Å². The zero-order valence-electron chi connectivity index (χ0n) is 16.0. The summed E-state index contributed by atoms with van der Waals surface area (Å²) < 4.78 is 1.82. The van der Waals surface area contributed by atoms with E-state index in [-0.39, 0.29) is 36.1 Å². The van der Waals surface area contributed by atoms with Crippen LogP contribution < -0.4 is 34.7 Å². The third kappa shape index (κ3) is 3.29. The van der Waals surface area contributed by atoms with Crippen LogP contribution >= 0.6 is 0 Å². The van der Waals surface area contributed by atoms with Gasteiger partial charge in [-0.15, -0.1) is 0 Å². The molecule has 4 aromatic rings. The average molecular weight is 366 g/mol. The topological polar surface area (TPSA) is 58.0 Å². The minimum absolute atomic E-state index is 0. The van der Waals surface area contributed by atoms with Crippen molar-refractivity contribution in [1.82, 2.24) is 9.55 Å². The fraction of sp³-hybridized carbons (Fsp3) is 0.182. The molecule has 27 heavy (non-hydrogen) atoms. The monoisotopic (exact) mass is 366 g/mol. The SMILES string of the molecule is Cc1ccc2c(c1)c(-c1ccnc3c(C)cccc13)c(C)n2CC(=O)[O-].[Na+]. The van der Waals surface area contributed by atoms with Crippen molar-refractivity contribution in [2.45, 2.75) is 27.3 Å². The Morgan fingerprint density at radius 2 is 1.85 bits per heavy atom. The Kier molecular flexibility index (Phi) is 5.43. The fourth-order valence-electron chi connectivity index (χ4n) is 3.81. The molecule has 0 aliphatic carbocycles. The van der Waals surface area contributed by atoms with Crippen molar-refractivity contribution >= 4 is 27.8 Å². The number of nitrogens with zero attached hydrogens (tertiary/aromatic N) is 2. The van der Waals surface area contributed by atoms with Crippen LogP contribution in [0.5, 0.6) is 0 Å². The summed E-state index contributed by atoms with van der Waals surface area (Å²) in [6.45, 7) is 5.90. The molecule has 0 spiro atoms. The van der Waals surface area contributed by atoms with E-state index in [1.807, 2.05) is 48.9 Å². The van der Waals surface area contributed by atoms with E-state index < -0.39 is 5.97 Å². The quantitative estimate of drug-likeness (QED) is 0.497. The number of hydrogen-bond acceptors (Lipinski definition) is 3. The normalized spacial score (nSPS) is 10.9. The molecule has 2 heterocycles. The van der Waals surface area contributed by atoms with Crippen molar-refractivity contribution in [2.24, 2.45) is 0 Å². The van der Waals surface area contributed by atoms with Gasteiger partial charge in [0.1, 0.15) is 0 Å². The molecule has 4 nitrogen and oxygen atoms in total. The Hall–Kier alpha value is -2.14. The van der Waals surface area contributed by atoms with Gasteiger partial charge in [-0.05, 0) is 50.1 Å². The van der Waals surface area contributed by atoms with Gasteiger partial charge < -0.3 is 14.5 Å². The molecule has 4 rings (SSSR count). The molecule has 0 unspecified atom stereocenters. The van der Waals surface area contributed by atoms with E-state index in [2.05, 4.69) is 30.1 Å². The molecule has 130 valence electrons. The number of fused-ring (bicyclic) bond motifs is 2. The predicted molar refractivity (Wildman–Crippen MR) is 102 cm³/mol. The van der Waals surface area contributed by atoms with Gasteiger partial charge in [-0.25, -0.2) is 0 Å². The third-order valence-corrected chi connectivity index (χ3v) is 5.01. The zero-order valence-corrected chi connectivity index (χ0v) is 18.0. The van der Waals surface area contributed by atoms with Crippen LogP contribution in [-0.2, 0) is 11.3 Å². The second-order valence-corrected chi connectivity index (χ2v) is 6.77. The molecule has 0 aliphatic heterocycles. The number of aliphatic carboxylic acids is 1. The summed E-state index contributed by atoms with van der Waals surface area (Å²) >= 11 is 0. The molecule has 0 saturated heterocycles. The number of pyridine rings is 1. The third-order valence-electron chi connectivity index (χ3n) is 5.01. The van der Waals surface area contributed by atoms with Crippen LogP contribution in [0.15, 0.2) is 48.7 Å². The Bertz CT molecular complexity index is 1180. The van der Waals surface area contributed by atoms with Crippen LogP contribution in [0.2, 0.25) is 0 Å². The number of hydrogen-bond donors (Lipinski definition) is 0. The molecule has 5 heteroatoms. The Labute approximate surface area is 180 Å². The number of carboxylic acids is 1. The van der Waals surface area contributed by atoms with Gasteiger partial charge in [0.05, 0.1) is 18.0 Å². The van der Waals surface area contributed by atoms with Crippen LogP contribution in [-0.4, -0.2) is 15.5 Å². The van der Waals surface area contributed by atoms with Crippen molar-refractivity contribution in [1.29, 1.82) is 0 Å². The van der Waals surface area contributed by atoms with Crippen molar-refractivity contribution in [3.05, 3.63) is 65.5 Å². The van der Waals surface area contributed by atoms with Crippen molar-refractivity contribution in [3.63, 3.8) is 0 Å². The molecule has 0 atom stereocenters. The molecule has 2 aromatic heterocycles. The van der Waals surface area contributed by atoms with Crippen LogP contribution in [0.1, 0.15) is 16.8 Å². The minimum atomic E-state index is -1.09. The predicted octanol–water partition coefficient (Wildman–Crippen LogP) is 0.536. The van der Waals surface area contributed by atoms with E-state index in [9.17, 15) is 9.90 Å². The number of aryl methyl sites for hydroxylation is 2. The van der Waals surface area contributed by atoms with Gasteiger partial charge in [0.25, 0.3) is 0 Å². The number of rotatable bonds is 3. The van der Waals surface area contributed by atoms with Crippen LogP contribution in [0.3, 0.4) is 0 Å². The number of carbonyl (C=O) groups is 1. The summed E-state index contributed by atoms with van der Waals surface area (Å²) in [5.41, 5.74) is 7.19. The molecule has 0 fully saturated rings. The maximum atomic E-state index is 11.3. The van der Waals surface area contributed by atoms with Gasteiger partial charge in [0.2, 0.25) is 0 Å². The maximum Gasteiger partial charge on any atom is 1.00 e. The summed E-state index contributed by atoms with van der Waals surface area (Å²) in [6.07, 6.45) is 1.82. The van der Waals surface area contributed by atoms with E-state index in [0.29, 0.717) is 0 Å². The number of para-hydroxylation sites is 1. The molecule has 0 bridgehead atoms. The molecule has 0 aliphatic rings. The first-order valence-electron chi connectivity index (χ1n) is 8.61. The van der Waals surface area contributed by atoms with Crippen molar-refractivity contribution in [3.8, 4) is 11.1 Å². The average Bonchev–Trinajstić information content (AvgIpc) is 2.86. The molecule has 0 N–H and O–H groups in total. The second kappa shape index (κ2) is 7.47. The molecule has 2 aromatic carbocycles. The first-order chi connectivity index (χ1) is 12.5. The Morgan fingerprint density at radius 1 is 1.07 bits per heavy atom. The van der Waals surface area contributed by atoms with Gasteiger partial charge in [0.15, 0.2) is 0 Å². The first kappa shape index (κ1) is 19.6. The van der Waals surface area contributed by atoms with Gasteiger partial charge >= 0.3 is 29.6 Å².